The highest BCUT2D eigenvalue weighted by atomic mass is 16.4. The summed E-state index contributed by atoms with van der Waals surface area (Å²) < 4.78 is 0. The van der Waals surface area contributed by atoms with Crippen LogP contribution in [0, 0.1) is 0 Å². The van der Waals surface area contributed by atoms with Crippen molar-refractivity contribution in [1.82, 2.24) is 0 Å². The molecule has 0 bridgehead atoms. The molecule has 52 valence electrons. The zero-order valence-electron chi connectivity index (χ0n) is 4.97. The number of hydrogen-bond acceptors (Lipinski definition) is 2. The van der Waals surface area contributed by atoms with Gasteiger partial charge in [0, 0.05) is 0 Å². The van der Waals surface area contributed by atoms with E-state index in [0.29, 0.717) is 0 Å². The third-order valence-corrected chi connectivity index (χ3v) is 0.735. The van der Waals surface area contributed by atoms with Crippen molar-refractivity contribution >= 4 is 11.9 Å². The second kappa shape index (κ2) is 5.03. The highest BCUT2D eigenvalue weighted by molar-refractivity contribution is 5.95. The number of carboxylic acids is 1. The van der Waals surface area contributed by atoms with Gasteiger partial charge in [0.2, 0.25) is 0 Å². The molecule has 0 heterocycles. The molecule has 0 amide bonds. The van der Waals surface area contributed by atoms with Crippen molar-refractivity contribution in [2.45, 2.75) is 13.3 Å². The first kappa shape index (κ1) is 10.8. The molecule has 0 aliphatic rings. The Morgan fingerprint density at radius 2 is 2.11 bits per heavy atom. The number of carbonyl (C=O) groups excluding carboxylic acids is 1. The first-order valence-electron chi connectivity index (χ1n) is 2.19. The molecular weight excluding hydrogens is 124 g/mol. The summed E-state index contributed by atoms with van der Waals surface area (Å²) >= 11 is 0. The Labute approximate surface area is 52.1 Å². The maximum atomic E-state index is 9.86. The molecule has 3 N–H and O–H groups in total. The number of carbonyl (C=O) groups is 1. The molecule has 0 spiro atoms. The zero-order chi connectivity index (χ0) is 6.57. The van der Waals surface area contributed by atoms with E-state index in [0.717, 1.165) is 0 Å². The Morgan fingerprint density at radius 3 is 2.11 bits per heavy atom. The molecule has 0 aliphatic heterocycles. The average molecular weight is 132 g/mol. The molecule has 0 atom stereocenters. The lowest BCUT2D eigenvalue weighted by atomic mass is 10.2. The van der Waals surface area contributed by atoms with Crippen molar-refractivity contribution in [2.24, 2.45) is 0 Å². The SMILES string of the molecule is CCC(=C=O)C(=O)O.O. The molecule has 0 saturated carbocycles. The number of hydrogen-bond donors (Lipinski definition) is 1. The predicted molar refractivity (Wildman–Crippen MR) is 30.7 cm³/mol. The van der Waals surface area contributed by atoms with Gasteiger partial charge >= 0.3 is 5.97 Å². The lowest BCUT2D eigenvalue weighted by molar-refractivity contribution is -0.132. The quantitative estimate of drug-likeness (QED) is 0.402. The van der Waals surface area contributed by atoms with E-state index >= 15 is 0 Å². The van der Waals surface area contributed by atoms with Crippen LogP contribution in [0.3, 0.4) is 0 Å². The van der Waals surface area contributed by atoms with Gasteiger partial charge in [-0.1, -0.05) is 6.92 Å². The molecule has 0 rings (SSSR count). The van der Waals surface area contributed by atoms with Gasteiger partial charge in [-0.3, -0.25) is 0 Å². The molecule has 0 saturated heterocycles. The van der Waals surface area contributed by atoms with Crippen LogP contribution in [-0.2, 0) is 9.59 Å². The van der Waals surface area contributed by atoms with Crippen molar-refractivity contribution in [3.05, 3.63) is 5.57 Å². The normalized spacial score (nSPS) is 6.78. The fourth-order valence-corrected chi connectivity index (χ4v) is 0.267. The van der Waals surface area contributed by atoms with Crippen molar-refractivity contribution < 1.29 is 20.2 Å². The molecule has 0 fully saturated rings. The van der Waals surface area contributed by atoms with Gasteiger partial charge in [-0.2, -0.15) is 0 Å². The van der Waals surface area contributed by atoms with Gasteiger partial charge in [0.1, 0.15) is 11.5 Å². The molecular formula is C5H8O4. The van der Waals surface area contributed by atoms with E-state index < -0.39 is 5.97 Å². The number of carboxylic acid groups (broad SMARTS) is 1. The lowest BCUT2D eigenvalue weighted by Gasteiger charge is -1.84. The monoisotopic (exact) mass is 132 g/mol. The highest BCUT2D eigenvalue weighted by Gasteiger charge is 2.02. The van der Waals surface area contributed by atoms with Crippen LogP contribution in [0.2, 0.25) is 0 Å². The summed E-state index contributed by atoms with van der Waals surface area (Å²) in [5.74, 6) is 0.140. The van der Waals surface area contributed by atoms with E-state index in [1.165, 1.54) is 5.94 Å². The molecule has 0 unspecified atom stereocenters. The van der Waals surface area contributed by atoms with Crippen molar-refractivity contribution in [1.29, 1.82) is 0 Å². The summed E-state index contributed by atoms with van der Waals surface area (Å²) in [6.45, 7) is 1.59. The third kappa shape index (κ3) is 3.46. The molecule has 0 aromatic heterocycles. The van der Waals surface area contributed by atoms with E-state index in [2.05, 4.69) is 0 Å². The topological polar surface area (TPSA) is 85.9 Å². The Hall–Kier alpha value is -1.12. The molecule has 0 aliphatic carbocycles. The second-order valence-corrected chi connectivity index (χ2v) is 1.24. The van der Waals surface area contributed by atoms with Crippen LogP contribution in [0.1, 0.15) is 13.3 Å². The second-order valence-electron chi connectivity index (χ2n) is 1.24. The molecule has 0 aromatic carbocycles. The zero-order valence-corrected chi connectivity index (χ0v) is 4.97. The first-order chi connectivity index (χ1) is 3.72. The van der Waals surface area contributed by atoms with Crippen LogP contribution in [0.25, 0.3) is 0 Å². The van der Waals surface area contributed by atoms with E-state index in [1.54, 1.807) is 6.92 Å². The smallest absolute Gasteiger partial charge is 0.342 e. The third-order valence-electron chi connectivity index (χ3n) is 0.735. The number of aliphatic carboxylic acids is 1. The summed E-state index contributed by atoms with van der Waals surface area (Å²) in [6.07, 6.45) is 0.235. The van der Waals surface area contributed by atoms with E-state index in [-0.39, 0.29) is 17.5 Å². The molecule has 0 aromatic rings. The van der Waals surface area contributed by atoms with Crippen LogP contribution in [0.15, 0.2) is 5.57 Å². The molecule has 4 heteroatoms. The largest absolute Gasteiger partial charge is 0.477 e. The van der Waals surface area contributed by atoms with Gasteiger partial charge in [0.05, 0.1) is 0 Å². The van der Waals surface area contributed by atoms with Crippen LogP contribution in [0.4, 0.5) is 0 Å². The maximum absolute atomic E-state index is 9.86. The fourth-order valence-electron chi connectivity index (χ4n) is 0.267. The van der Waals surface area contributed by atoms with Gasteiger partial charge in [-0.25, -0.2) is 9.59 Å². The first-order valence-corrected chi connectivity index (χ1v) is 2.19. The molecule has 4 nitrogen and oxygen atoms in total. The van der Waals surface area contributed by atoms with Gasteiger partial charge in [-0.15, -0.1) is 0 Å². The van der Waals surface area contributed by atoms with Crippen molar-refractivity contribution in [3.63, 3.8) is 0 Å². The summed E-state index contributed by atoms with van der Waals surface area (Å²) in [5.41, 5.74) is -0.204. The fraction of sp³-hybridized carbons (Fsp3) is 0.400. The van der Waals surface area contributed by atoms with Gasteiger partial charge < -0.3 is 10.6 Å². The Balaban J connectivity index is 0. The highest BCUT2D eigenvalue weighted by Crippen LogP contribution is 1.92. The Kier molecular flexibility index (Phi) is 6.02. The summed E-state index contributed by atoms with van der Waals surface area (Å²) in [6, 6.07) is 0. The standard InChI is InChI=1S/C5H6O3.H2O/c1-2-4(3-6)5(7)8;/h2H2,1H3,(H,7,8);1H2. The van der Waals surface area contributed by atoms with Crippen LogP contribution < -0.4 is 0 Å². The van der Waals surface area contributed by atoms with Gasteiger partial charge in [0.15, 0.2) is 0 Å². The minimum atomic E-state index is -1.18. The lowest BCUT2D eigenvalue weighted by Crippen LogP contribution is -1.98. The molecule has 9 heavy (non-hydrogen) atoms. The van der Waals surface area contributed by atoms with Crippen molar-refractivity contribution in [3.8, 4) is 0 Å². The maximum Gasteiger partial charge on any atom is 0.342 e. The van der Waals surface area contributed by atoms with Crippen LogP contribution in [-0.4, -0.2) is 22.5 Å². The minimum absolute atomic E-state index is 0. The predicted octanol–water partition coefficient (Wildman–Crippen LogP) is -0.586. The summed E-state index contributed by atoms with van der Waals surface area (Å²) in [5, 5.41) is 8.07. The van der Waals surface area contributed by atoms with E-state index in [1.807, 2.05) is 0 Å². The number of rotatable bonds is 2. The van der Waals surface area contributed by atoms with Crippen LogP contribution >= 0.6 is 0 Å². The van der Waals surface area contributed by atoms with Crippen LogP contribution in [0.5, 0.6) is 0 Å². The Morgan fingerprint density at radius 1 is 1.67 bits per heavy atom. The minimum Gasteiger partial charge on any atom is -0.477 e. The summed E-state index contributed by atoms with van der Waals surface area (Å²) in [4.78, 5) is 19.5. The van der Waals surface area contributed by atoms with E-state index in [9.17, 15) is 9.59 Å². The van der Waals surface area contributed by atoms with Crippen molar-refractivity contribution in [2.75, 3.05) is 0 Å². The molecule has 0 radical (unpaired) electrons. The van der Waals surface area contributed by atoms with E-state index in [4.69, 9.17) is 5.11 Å². The van der Waals surface area contributed by atoms with Gasteiger partial charge in [-0.05, 0) is 6.42 Å². The Bertz CT molecular complexity index is 143. The average Bonchev–Trinajstić information content (AvgIpc) is 1.69. The summed E-state index contributed by atoms with van der Waals surface area (Å²) in [7, 11) is 0. The van der Waals surface area contributed by atoms with Gasteiger partial charge in [0.25, 0.3) is 0 Å².